The summed E-state index contributed by atoms with van der Waals surface area (Å²) in [5, 5.41) is 4.75. The summed E-state index contributed by atoms with van der Waals surface area (Å²) >= 11 is 13.5. The number of anilines is 1. The fourth-order valence-corrected chi connectivity index (χ4v) is 4.20. The zero-order valence-electron chi connectivity index (χ0n) is 15.4. The fourth-order valence-electron chi connectivity index (χ4n) is 2.82. The third-order valence-electron chi connectivity index (χ3n) is 4.31. The van der Waals surface area contributed by atoms with Crippen LogP contribution < -0.4 is 5.32 Å². The molecule has 29 heavy (non-hydrogen) atoms. The third-order valence-corrected chi connectivity index (χ3v) is 6.12. The van der Waals surface area contributed by atoms with E-state index in [-0.39, 0.29) is 5.91 Å². The van der Waals surface area contributed by atoms with Gasteiger partial charge in [-0.15, -0.1) is 11.3 Å². The molecule has 0 bridgehead atoms. The van der Waals surface area contributed by atoms with Crippen LogP contribution in [0.2, 0.25) is 10.0 Å². The van der Waals surface area contributed by atoms with Gasteiger partial charge in [-0.05, 0) is 72.7 Å². The Morgan fingerprint density at radius 2 is 1.79 bits per heavy atom. The highest BCUT2D eigenvalue weighted by atomic mass is 35.5. The summed E-state index contributed by atoms with van der Waals surface area (Å²) in [4.78, 5) is 16.9. The zero-order chi connectivity index (χ0) is 20.4. The number of hydrogen-bond acceptors (Lipinski definition) is 3. The summed E-state index contributed by atoms with van der Waals surface area (Å²) in [5.74, 6) is -0.223. The molecule has 0 radical (unpaired) electrons. The Bertz CT molecular complexity index is 1230. The molecule has 1 N–H and O–H groups in total. The van der Waals surface area contributed by atoms with Crippen molar-refractivity contribution in [2.45, 2.75) is 6.92 Å². The second kappa shape index (κ2) is 8.37. The number of carbonyl (C=O) groups excluding carboxylic acids is 1. The van der Waals surface area contributed by atoms with E-state index in [0.717, 1.165) is 27.3 Å². The van der Waals surface area contributed by atoms with Crippen LogP contribution in [0.15, 0.2) is 66.7 Å². The topological polar surface area (TPSA) is 42.0 Å². The highest BCUT2D eigenvalue weighted by Crippen LogP contribution is 2.31. The van der Waals surface area contributed by atoms with Crippen molar-refractivity contribution in [3.05, 3.63) is 87.9 Å². The van der Waals surface area contributed by atoms with Gasteiger partial charge >= 0.3 is 0 Å². The smallest absolute Gasteiger partial charge is 0.248 e. The molecule has 0 atom stereocenters. The summed E-state index contributed by atoms with van der Waals surface area (Å²) in [6.45, 7) is 2.08. The molecule has 0 aliphatic heterocycles. The molecule has 3 nitrogen and oxygen atoms in total. The average molecular weight is 439 g/mol. The van der Waals surface area contributed by atoms with Gasteiger partial charge in [0.25, 0.3) is 0 Å². The standard InChI is InChI=1S/C23H16Cl2N2OS/c1-14-2-10-20-21(12-14)29-23(27-20)16-5-7-17(8-6-16)26-22(28)11-4-15-3-9-18(24)19(25)13-15/h2-13H,1H3,(H,26,28)/b11-4+. The van der Waals surface area contributed by atoms with Gasteiger partial charge in [0.1, 0.15) is 5.01 Å². The molecule has 1 heterocycles. The number of hydrogen-bond donors (Lipinski definition) is 1. The highest BCUT2D eigenvalue weighted by Gasteiger charge is 2.07. The largest absolute Gasteiger partial charge is 0.323 e. The molecule has 6 heteroatoms. The maximum atomic E-state index is 12.2. The van der Waals surface area contributed by atoms with Crippen LogP contribution in [0.4, 0.5) is 5.69 Å². The van der Waals surface area contributed by atoms with Crippen molar-refractivity contribution in [1.29, 1.82) is 0 Å². The lowest BCUT2D eigenvalue weighted by Crippen LogP contribution is -2.07. The van der Waals surface area contributed by atoms with Gasteiger partial charge in [-0.25, -0.2) is 4.98 Å². The number of halogens is 2. The maximum Gasteiger partial charge on any atom is 0.248 e. The van der Waals surface area contributed by atoms with Crippen molar-refractivity contribution in [3.8, 4) is 10.6 Å². The van der Waals surface area contributed by atoms with Crippen LogP contribution in [0.1, 0.15) is 11.1 Å². The molecule has 4 rings (SSSR count). The van der Waals surface area contributed by atoms with Crippen LogP contribution in [0.25, 0.3) is 26.9 Å². The quantitative estimate of drug-likeness (QED) is 0.341. The third kappa shape index (κ3) is 4.67. The molecule has 0 saturated heterocycles. The molecule has 1 aromatic heterocycles. The Kier molecular flexibility index (Phi) is 5.67. The van der Waals surface area contributed by atoms with Crippen molar-refractivity contribution < 1.29 is 4.79 Å². The summed E-state index contributed by atoms with van der Waals surface area (Å²) in [6.07, 6.45) is 3.15. The van der Waals surface area contributed by atoms with Gasteiger partial charge in [0.15, 0.2) is 0 Å². The Balaban J connectivity index is 1.45. The van der Waals surface area contributed by atoms with E-state index < -0.39 is 0 Å². The number of carbonyl (C=O) groups is 1. The monoisotopic (exact) mass is 438 g/mol. The lowest BCUT2D eigenvalue weighted by atomic mass is 10.2. The van der Waals surface area contributed by atoms with E-state index >= 15 is 0 Å². The number of rotatable bonds is 4. The first kappa shape index (κ1) is 19.6. The summed E-state index contributed by atoms with van der Waals surface area (Å²) in [5.41, 5.74) is 4.76. The zero-order valence-corrected chi connectivity index (χ0v) is 17.8. The van der Waals surface area contributed by atoms with Crippen molar-refractivity contribution in [2.24, 2.45) is 0 Å². The van der Waals surface area contributed by atoms with Crippen molar-refractivity contribution >= 4 is 62.4 Å². The molecule has 0 unspecified atom stereocenters. The number of amides is 1. The van der Waals surface area contributed by atoms with Gasteiger partial charge in [0.05, 0.1) is 20.3 Å². The molecule has 0 aliphatic rings. The average Bonchev–Trinajstić information content (AvgIpc) is 3.12. The minimum Gasteiger partial charge on any atom is -0.323 e. The number of aryl methyl sites for hydroxylation is 1. The molecule has 3 aromatic carbocycles. The van der Waals surface area contributed by atoms with Gasteiger partial charge in [-0.3, -0.25) is 4.79 Å². The lowest BCUT2D eigenvalue weighted by Gasteiger charge is -2.03. The van der Waals surface area contributed by atoms with Crippen LogP contribution in [0.3, 0.4) is 0 Å². The van der Waals surface area contributed by atoms with Crippen molar-refractivity contribution in [1.82, 2.24) is 4.98 Å². The molecule has 144 valence electrons. The highest BCUT2D eigenvalue weighted by molar-refractivity contribution is 7.21. The van der Waals surface area contributed by atoms with Crippen LogP contribution in [0, 0.1) is 6.92 Å². The van der Waals surface area contributed by atoms with E-state index in [9.17, 15) is 4.79 Å². The minimum absolute atomic E-state index is 0.223. The molecule has 0 aliphatic carbocycles. The molecule has 0 saturated carbocycles. The van der Waals surface area contributed by atoms with Gasteiger partial charge in [-0.1, -0.05) is 35.3 Å². The predicted molar refractivity (Wildman–Crippen MR) is 124 cm³/mol. The number of nitrogens with zero attached hydrogens (tertiary/aromatic N) is 1. The first-order chi connectivity index (χ1) is 14.0. The SMILES string of the molecule is Cc1ccc2nc(-c3ccc(NC(=O)/C=C/c4ccc(Cl)c(Cl)c4)cc3)sc2c1. The molecular weight excluding hydrogens is 423 g/mol. The van der Waals surface area contributed by atoms with Gasteiger partial charge < -0.3 is 5.32 Å². The summed E-state index contributed by atoms with van der Waals surface area (Å²) in [7, 11) is 0. The second-order valence-corrected chi connectivity index (χ2v) is 8.41. The Morgan fingerprint density at radius 1 is 1.00 bits per heavy atom. The minimum atomic E-state index is -0.223. The van der Waals surface area contributed by atoms with E-state index in [2.05, 4.69) is 24.4 Å². The fraction of sp³-hybridized carbons (Fsp3) is 0.0435. The predicted octanol–water partition coefficient (Wildman–Crippen LogP) is 7.23. The summed E-state index contributed by atoms with van der Waals surface area (Å²) < 4.78 is 1.17. The van der Waals surface area contributed by atoms with Crippen LogP contribution in [0.5, 0.6) is 0 Å². The first-order valence-corrected chi connectivity index (χ1v) is 10.5. The number of aromatic nitrogens is 1. The molecule has 4 aromatic rings. The second-order valence-electron chi connectivity index (χ2n) is 6.56. The van der Waals surface area contributed by atoms with Crippen molar-refractivity contribution in [2.75, 3.05) is 5.32 Å². The van der Waals surface area contributed by atoms with Crippen LogP contribution in [-0.4, -0.2) is 10.9 Å². The molecule has 1 amide bonds. The number of benzene rings is 3. The number of fused-ring (bicyclic) bond motifs is 1. The Hall–Kier alpha value is -2.66. The van der Waals surface area contributed by atoms with Gasteiger partial charge in [0.2, 0.25) is 5.91 Å². The van der Waals surface area contributed by atoms with E-state index in [0.29, 0.717) is 10.0 Å². The van der Waals surface area contributed by atoms with E-state index in [4.69, 9.17) is 28.2 Å². The van der Waals surface area contributed by atoms with Crippen LogP contribution in [-0.2, 0) is 4.79 Å². The molecule has 0 spiro atoms. The van der Waals surface area contributed by atoms with Gasteiger partial charge in [-0.2, -0.15) is 0 Å². The molecular formula is C23H16Cl2N2OS. The summed E-state index contributed by atoms with van der Waals surface area (Å²) in [6, 6.07) is 19.1. The Morgan fingerprint density at radius 3 is 2.55 bits per heavy atom. The Labute approximate surface area is 182 Å². The molecule has 0 fully saturated rings. The maximum absolute atomic E-state index is 12.2. The first-order valence-electron chi connectivity index (χ1n) is 8.90. The van der Waals surface area contributed by atoms with E-state index in [1.807, 2.05) is 30.3 Å². The number of thiazole rings is 1. The van der Waals surface area contributed by atoms with Crippen LogP contribution >= 0.6 is 34.5 Å². The lowest BCUT2D eigenvalue weighted by molar-refractivity contribution is -0.111. The van der Waals surface area contributed by atoms with Gasteiger partial charge in [0, 0.05) is 17.3 Å². The normalized spacial score (nSPS) is 11.3. The van der Waals surface area contributed by atoms with E-state index in [1.165, 1.54) is 16.3 Å². The van der Waals surface area contributed by atoms with E-state index in [1.54, 1.807) is 35.6 Å². The van der Waals surface area contributed by atoms with Crippen molar-refractivity contribution in [3.63, 3.8) is 0 Å². The number of nitrogens with one attached hydrogen (secondary N) is 1.